The molecule has 0 fully saturated rings. The molecule has 0 aliphatic carbocycles. The third-order valence-electron chi connectivity index (χ3n) is 4.41. The summed E-state index contributed by atoms with van der Waals surface area (Å²) in [5.41, 5.74) is 5.07. The smallest absolute Gasteiger partial charge is 0.259 e. The van der Waals surface area contributed by atoms with E-state index in [-0.39, 0.29) is 11.7 Å². The van der Waals surface area contributed by atoms with Gasteiger partial charge in [-0.05, 0) is 35.9 Å². The topological polar surface area (TPSA) is 87.6 Å². The molecule has 132 valence electrons. The van der Waals surface area contributed by atoms with Crippen molar-refractivity contribution in [2.24, 2.45) is 4.99 Å². The highest BCUT2D eigenvalue weighted by Crippen LogP contribution is 2.28. The molecule has 1 aromatic heterocycles. The first-order valence-electron chi connectivity index (χ1n) is 8.30. The largest absolute Gasteiger partial charge is 0.495 e. The van der Waals surface area contributed by atoms with Crippen molar-refractivity contribution in [1.82, 2.24) is 0 Å². The monoisotopic (exact) mass is 357 g/mol. The fraction of sp³-hybridized carbons (Fsp3) is 0.0952. The van der Waals surface area contributed by atoms with Crippen LogP contribution in [0.5, 0.6) is 5.75 Å². The first kappa shape index (κ1) is 16.6. The Labute approximate surface area is 155 Å². The normalized spacial score (nSPS) is 12.1. The lowest BCUT2D eigenvalue weighted by Gasteiger charge is -2.11. The summed E-state index contributed by atoms with van der Waals surface area (Å²) in [6.07, 6.45) is 3.26. The summed E-state index contributed by atoms with van der Waals surface area (Å²) in [4.78, 5) is 17.3. The van der Waals surface area contributed by atoms with Crippen molar-refractivity contribution in [3.63, 3.8) is 0 Å². The Morgan fingerprint density at radius 3 is 2.93 bits per heavy atom. The number of carbonyl (C=O) groups excluding carboxylic acids is 1. The number of anilines is 1. The molecule has 0 saturated carbocycles. The first-order chi connectivity index (χ1) is 13.2. The quantitative estimate of drug-likeness (QED) is 0.770. The molecule has 0 bridgehead atoms. The number of aliphatic imine (C=N–C) groups is 1. The average Bonchev–Trinajstić information content (AvgIpc) is 3.36. The zero-order valence-electron chi connectivity index (χ0n) is 14.5. The number of rotatable bonds is 4. The first-order valence-corrected chi connectivity index (χ1v) is 8.30. The number of amides is 1. The summed E-state index contributed by atoms with van der Waals surface area (Å²) < 4.78 is 10.4. The maximum Gasteiger partial charge on any atom is 0.259 e. The van der Waals surface area contributed by atoms with Crippen LogP contribution in [0, 0.1) is 11.3 Å². The number of nitrogens with one attached hydrogen (secondary N) is 1. The predicted octanol–water partition coefficient (Wildman–Crippen LogP) is 3.76. The molecule has 1 aliphatic heterocycles. The van der Waals surface area contributed by atoms with Gasteiger partial charge < -0.3 is 14.5 Å². The summed E-state index contributed by atoms with van der Waals surface area (Å²) in [5.74, 6) is -0.0806. The number of benzene rings is 2. The van der Waals surface area contributed by atoms with Crippen LogP contribution in [0.25, 0.3) is 0 Å². The van der Waals surface area contributed by atoms with Gasteiger partial charge in [0.2, 0.25) is 0 Å². The van der Waals surface area contributed by atoms with Crippen molar-refractivity contribution in [3.05, 3.63) is 82.8 Å². The lowest BCUT2D eigenvalue weighted by Crippen LogP contribution is -2.14. The molecule has 0 saturated heterocycles. The SMILES string of the molecule is COc1c(C#N)cccc1C(=O)Nc1ccc2c(c1)C(c1ccoc1)=NC2. The van der Waals surface area contributed by atoms with Gasteiger partial charge in [-0.15, -0.1) is 0 Å². The molecule has 2 aromatic carbocycles. The fourth-order valence-corrected chi connectivity index (χ4v) is 3.13. The molecule has 2 heterocycles. The van der Waals surface area contributed by atoms with Gasteiger partial charge in [-0.3, -0.25) is 9.79 Å². The zero-order chi connectivity index (χ0) is 18.8. The third-order valence-corrected chi connectivity index (χ3v) is 4.41. The summed E-state index contributed by atoms with van der Waals surface area (Å²) in [5, 5.41) is 12.1. The number of nitriles is 1. The Morgan fingerprint density at radius 1 is 1.30 bits per heavy atom. The number of furan rings is 1. The number of carbonyl (C=O) groups is 1. The number of hydrogen-bond acceptors (Lipinski definition) is 5. The van der Waals surface area contributed by atoms with E-state index in [1.807, 2.05) is 30.3 Å². The minimum Gasteiger partial charge on any atom is -0.495 e. The van der Waals surface area contributed by atoms with E-state index in [0.29, 0.717) is 23.4 Å². The van der Waals surface area contributed by atoms with Crippen molar-refractivity contribution >= 4 is 17.3 Å². The van der Waals surface area contributed by atoms with Crippen LogP contribution in [-0.2, 0) is 6.54 Å². The maximum atomic E-state index is 12.7. The standard InChI is InChI=1S/C21H15N3O3/c1-26-20-13(10-22)3-2-4-17(20)21(25)24-16-6-5-14-11-23-19(18(14)9-16)15-7-8-27-12-15/h2-9,12H,11H2,1H3,(H,24,25). The van der Waals surface area contributed by atoms with Crippen LogP contribution in [0.4, 0.5) is 5.69 Å². The number of ether oxygens (including phenoxy) is 1. The lowest BCUT2D eigenvalue weighted by molar-refractivity contribution is 0.102. The van der Waals surface area contributed by atoms with E-state index in [4.69, 9.17) is 9.15 Å². The van der Waals surface area contributed by atoms with Crippen LogP contribution in [0.3, 0.4) is 0 Å². The van der Waals surface area contributed by atoms with Gasteiger partial charge in [0.1, 0.15) is 11.8 Å². The van der Waals surface area contributed by atoms with E-state index in [2.05, 4.69) is 10.3 Å². The van der Waals surface area contributed by atoms with Gasteiger partial charge in [0.05, 0.1) is 43.0 Å². The van der Waals surface area contributed by atoms with Gasteiger partial charge in [-0.1, -0.05) is 12.1 Å². The zero-order valence-corrected chi connectivity index (χ0v) is 14.5. The summed E-state index contributed by atoms with van der Waals surface area (Å²) in [6.45, 7) is 0.599. The summed E-state index contributed by atoms with van der Waals surface area (Å²) in [7, 11) is 1.44. The van der Waals surface area contributed by atoms with Crippen LogP contribution >= 0.6 is 0 Å². The molecule has 0 atom stereocenters. The molecule has 27 heavy (non-hydrogen) atoms. The van der Waals surface area contributed by atoms with Crippen LogP contribution in [0.15, 0.2) is 64.4 Å². The highest BCUT2D eigenvalue weighted by atomic mass is 16.5. The van der Waals surface area contributed by atoms with Crippen molar-refractivity contribution in [2.75, 3.05) is 12.4 Å². The number of fused-ring (bicyclic) bond motifs is 1. The van der Waals surface area contributed by atoms with Crippen LogP contribution in [-0.4, -0.2) is 18.7 Å². The van der Waals surface area contributed by atoms with Crippen molar-refractivity contribution in [1.29, 1.82) is 5.26 Å². The van der Waals surface area contributed by atoms with E-state index in [1.165, 1.54) is 7.11 Å². The van der Waals surface area contributed by atoms with Crippen molar-refractivity contribution < 1.29 is 13.9 Å². The molecule has 1 amide bonds. The number of para-hydroxylation sites is 1. The second-order valence-electron chi connectivity index (χ2n) is 6.00. The Morgan fingerprint density at radius 2 is 2.19 bits per heavy atom. The van der Waals surface area contributed by atoms with Crippen molar-refractivity contribution in [3.8, 4) is 11.8 Å². The molecule has 1 aliphatic rings. The minimum atomic E-state index is -0.344. The Hall–Kier alpha value is -3.85. The molecule has 6 heteroatoms. The molecule has 3 aromatic rings. The molecule has 1 N–H and O–H groups in total. The van der Waals surface area contributed by atoms with Crippen LogP contribution < -0.4 is 10.1 Å². The van der Waals surface area contributed by atoms with Gasteiger partial charge in [0.15, 0.2) is 0 Å². The van der Waals surface area contributed by atoms with E-state index in [9.17, 15) is 10.1 Å². The molecule has 0 unspecified atom stereocenters. The molecule has 4 rings (SSSR count). The predicted molar refractivity (Wildman–Crippen MR) is 100 cm³/mol. The second kappa shape index (κ2) is 6.81. The molecular formula is C21H15N3O3. The highest BCUT2D eigenvalue weighted by Gasteiger charge is 2.20. The summed E-state index contributed by atoms with van der Waals surface area (Å²) >= 11 is 0. The van der Waals surface area contributed by atoms with Gasteiger partial charge in [0, 0.05) is 16.8 Å². The highest BCUT2D eigenvalue weighted by molar-refractivity contribution is 6.16. The van der Waals surface area contributed by atoms with Gasteiger partial charge in [0.25, 0.3) is 5.91 Å². The maximum absolute atomic E-state index is 12.7. The number of methoxy groups -OCH3 is 1. The van der Waals surface area contributed by atoms with Gasteiger partial charge >= 0.3 is 0 Å². The second-order valence-corrected chi connectivity index (χ2v) is 6.00. The molecule has 6 nitrogen and oxygen atoms in total. The Balaban J connectivity index is 1.64. The minimum absolute atomic E-state index is 0.263. The Bertz CT molecular complexity index is 1090. The fourth-order valence-electron chi connectivity index (χ4n) is 3.13. The van der Waals surface area contributed by atoms with Crippen LogP contribution in [0.1, 0.15) is 32.6 Å². The Kier molecular flexibility index (Phi) is 4.19. The average molecular weight is 357 g/mol. The van der Waals surface area contributed by atoms with E-state index in [0.717, 1.165) is 22.4 Å². The van der Waals surface area contributed by atoms with E-state index in [1.54, 1.807) is 30.7 Å². The van der Waals surface area contributed by atoms with E-state index < -0.39 is 0 Å². The third kappa shape index (κ3) is 2.96. The molecule has 0 radical (unpaired) electrons. The van der Waals surface area contributed by atoms with Gasteiger partial charge in [-0.25, -0.2) is 0 Å². The molecular weight excluding hydrogens is 342 g/mol. The number of hydrogen-bond donors (Lipinski definition) is 1. The van der Waals surface area contributed by atoms with Crippen molar-refractivity contribution in [2.45, 2.75) is 6.54 Å². The van der Waals surface area contributed by atoms with Crippen LogP contribution in [0.2, 0.25) is 0 Å². The molecule has 0 spiro atoms. The van der Waals surface area contributed by atoms with Gasteiger partial charge in [-0.2, -0.15) is 5.26 Å². The summed E-state index contributed by atoms with van der Waals surface area (Å²) in [6, 6.07) is 14.5. The lowest BCUT2D eigenvalue weighted by atomic mass is 10.0. The van der Waals surface area contributed by atoms with E-state index >= 15 is 0 Å². The number of nitrogens with zero attached hydrogens (tertiary/aromatic N) is 2.